The number of hydrogen-bond acceptors (Lipinski definition) is 7. The quantitative estimate of drug-likeness (QED) is 0.138. The molecule has 0 aromatic heterocycles. The van der Waals surface area contributed by atoms with Gasteiger partial charge in [0.05, 0.1) is 34.1 Å². The molecule has 8 aromatic carbocycles. The molecule has 0 heterocycles. The van der Waals surface area contributed by atoms with Crippen LogP contribution in [0, 0.1) is 5.92 Å². The molecule has 0 amide bonds. The molecule has 0 atom stereocenters. The van der Waals surface area contributed by atoms with E-state index in [9.17, 15) is 0 Å². The third-order valence-corrected chi connectivity index (χ3v) is 11.5. The Balaban J connectivity index is 0.930. The first kappa shape index (κ1) is 37.7. The van der Waals surface area contributed by atoms with Gasteiger partial charge in [-0.25, -0.2) is 0 Å². The van der Waals surface area contributed by atoms with Crippen LogP contribution < -0.4 is 5.32 Å². The number of nitrogens with zero attached hydrogens (tertiary/aromatic N) is 6. The van der Waals surface area contributed by atoms with Crippen molar-refractivity contribution >= 4 is 72.1 Å². The van der Waals surface area contributed by atoms with E-state index in [4.69, 9.17) is 20.5 Å². The summed E-state index contributed by atoms with van der Waals surface area (Å²) in [6.45, 7) is 6.66. The lowest BCUT2D eigenvalue weighted by Crippen LogP contribution is -2.10. The van der Waals surface area contributed by atoms with E-state index >= 15 is 0 Å². The topological polar surface area (TPSA) is 86.2 Å². The number of anilines is 1. The second-order valence-corrected chi connectivity index (χ2v) is 16.0. The highest BCUT2D eigenvalue weighted by Crippen LogP contribution is 2.40. The molecule has 0 saturated heterocycles. The summed E-state index contributed by atoms with van der Waals surface area (Å²) >= 11 is 0. The predicted molar refractivity (Wildman–Crippen MR) is 245 cm³/mol. The fraction of sp³-hybridized carbons (Fsp3) is 0.192. The van der Waals surface area contributed by atoms with Gasteiger partial charge in [0.2, 0.25) is 0 Å². The molecule has 0 bridgehead atoms. The van der Waals surface area contributed by atoms with Gasteiger partial charge in [0.1, 0.15) is 0 Å². The normalized spacial score (nSPS) is 16.1. The Morgan fingerprint density at radius 1 is 0.407 bits per heavy atom. The molecular formula is C52H47N7. The molecule has 1 saturated carbocycles. The molecule has 7 nitrogen and oxygen atoms in total. The number of hydrogen-bond donors (Lipinski definition) is 1. The van der Waals surface area contributed by atoms with E-state index in [1.807, 2.05) is 91.0 Å². The van der Waals surface area contributed by atoms with Crippen molar-refractivity contribution in [2.75, 3.05) is 5.32 Å². The van der Waals surface area contributed by atoms with Crippen LogP contribution in [0.4, 0.5) is 39.8 Å². The second-order valence-electron chi connectivity index (χ2n) is 16.0. The number of nitrogens with one attached hydrogen (secondary N) is 1. The van der Waals surface area contributed by atoms with Crippen LogP contribution in [0.25, 0.3) is 43.4 Å². The van der Waals surface area contributed by atoms with Crippen LogP contribution in [0.15, 0.2) is 188 Å². The molecule has 59 heavy (non-hydrogen) atoms. The van der Waals surface area contributed by atoms with Crippen LogP contribution >= 0.6 is 0 Å². The minimum atomic E-state index is 0.321. The van der Waals surface area contributed by atoms with Gasteiger partial charge in [-0.15, -0.1) is 25.6 Å². The summed E-state index contributed by atoms with van der Waals surface area (Å²) in [4.78, 5) is 0. The summed E-state index contributed by atoms with van der Waals surface area (Å²) < 4.78 is 0. The summed E-state index contributed by atoms with van der Waals surface area (Å²) in [7, 11) is 0. The molecule has 0 aliphatic heterocycles. The van der Waals surface area contributed by atoms with Crippen LogP contribution in [0.5, 0.6) is 0 Å². The maximum Gasteiger partial charge on any atom is 0.0936 e. The smallest absolute Gasteiger partial charge is 0.0936 e. The number of benzene rings is 8. The van der Waals surface area contributed by atoms with E-state index in [2.05, 4.69) is 103 Å². The fourth-order valence-electron chi connectivity index (χ4n) is 8.28. The van der Waals surface area contributed by atoms with Gasteiger partial charge >= 0.3 is 0 Å². The number of fused-ring (bicyclic) bond motifs is 3. The minimum absolute atomic E-state index is 0.321. The molecule has 0 unspecified atom stereocenters. The summed E-state index contributed by atoms with van der Waals surface area (Å²) in [5, 5.41) is 37.8. The maximum atomic E-state index is 4.77. The molecule has 8 aromatic rings. The molecule has 1 aliphatic rings. The Morgan fingerprint density at radius 3 is 1.22 bits per heavy atom. The lowest BCUT2D eigenvalue weighted by atomic mass is 9.79. The average Bonchev–Trinajstić information content (AvgIpc) is 3.28. The first-order valence-electron chi connectivity index (χ1n) is 20.7. The van der Waals surface area contributed by atoms with E-state index < -0.39 is 0 Å². The highest BCUT2D eigenvalue weighted by molar-refractivity contribution is 6.02. The highest BCUT2D eigenvalue weighted by Gasteiger charge is 2.19. The van der Waals surface area contributed by atoms with Crippen LogP contribution in [-0.4, -0.2) is 6.04 Å². The SMILES string of the molecule is CC1CCC(c2ccc(-c3ccc(/N=N\c4ccc(N=Nc5ccc(N=Nc6ccc(NC(C)C)c7ccccc67)c6ccccc56)c5ccccc45)cc3)cc2)CC1. The van der Waals surface area contributed by atoms with E-state index in [-0.39, 0.29) is 0 Å². The van der Waals surface area contributed by atoms with Crippen LogP contribution in [0.3, 0.4) is 0 Å². The lowest BCUT2D eigenvalue weighted by molar-refractivity contribution is 0.348. The van der Waals surface area contributed by atoms with Crippen molar-refractivity contribution in [3.8, 4) is 11.1 Å². The molecule has 0 spiro atoms. The fourth-order valence-corrected chi connectivity index (χ4v) is 8.28. The van der Waals surface area contributed by atoms with Crippen molar-refractivity contribution in [2.24, 2.45) is 36.6 Å². The van der Waals surface area contributed by atoms with Crippen molar-refractivity contribution in [1.29, 1.82) is 0 Å². The van der Waals surface area contributed by atoms with Crippen molar-refractivity contribution in [3.05, 3.63) is 163 Å². The Hall–Kier alpha value is -6.86. The molecule has 9 rings (SSSR count). The van der Waals surface area contributed by atoms with Gasteiger partial charge in [0.25, 0.3) is 0 Å². The van der Waals surface area contributed by atoms with Gasteiger partial charge in [-0.1, -0.05) is 129 Å². The first-order chi connectivity index (χ1) is 29.0. The second kappa shape index (κ2) is 16.9. The Morgan fingerprint density at radius 2 is 0.780 bits per heavy atom. The Kier molecular flexibility index (Phi) is 10.8. The van der Waals surface area contributed by atoms with Crippen molar-refractivity contribution in [2.45, 2.75) is 58.4 Å². The number of rotatable bonds is 10. The van der Waals surface area contributed by atoms with Crippen LogP contribution in [0.2, 0.25) is 0 Å². The molecule has 1 fully saturated rings. The van der Waals surface area contributed by atoms with Gasteiger partial charge in [-0.05, 0) is 104 Å². The van der Waals surface area contributed by atoms with Crippen LogP contribution in [-0.2, 0) is 0 Å². The van der Waals surface area contributed by atoms with Crippen LogP contribution in [0.1, 0.15) is 57.9 Å². The van der Waals surface area contributed by atoms with Crippen molar-refractivity contribution in [3.63, 3.8) is 0 Å². The van der Waals surface area contributed by atoms with Crippen molar-refractivity contribution in [1.82, 2.24) is 0 Å². The van der Waals surface area contributed by atoms with Gasteiger partial charge in [-0.3, -0.25) is 0 Å². The zero-order valence-electron chi connectivity index (χ0n) is 33.8. The van der Waals surface area contributed by atoms with Gasteiger partial charge in [-0.2, -0.15) is 5.11 Å². The predicted octanol–water partition coefficient (Wildman–Crippen LogP) is 17.2. The molecule has 7 heteroatoms. The van der Waals surface area contributed by atoms with E-state index in [0.29, 0.717) is 12.0 Å². The van der Waals surface area contributed by atoms with Crippen molar-refractivity contribution < 1.29 is 0 Å². The number of azo groups is 3. The van der Waals surface area contributed by atoms with Gasteiger partial charge in [0.15, 0.2) is 0 Å². The van der Waals surface area contributed by atoms with E-state index in [1.54, 1.807) is 0 Å². The van der Waals surface area contributed by atoms with Gasteiger partial charge in [0, 0.05) is 44.0 Å². The summed E-state index contributed by atoms with van der Waals surface area (Å²) in [5.41, 5.74) is 9.61. The largest absolute Gasteiger partial charge is 0.382 e. The summed E-state index contributed by atoms with van der Waals surface area (Å²) in [5.74, 6) is 1.56. The molecule has 1 aliphatic carbocycles. The molecule has 1 N–H and O–H groups in total. The first-order valence-corrected chi connectivity index (χ1v) is 20.7. The zero-order valence-corrected chi connectivity index (χ0v) is 33.8. The monoisotopic (exact) mass is 769 g/mol. The van der Waals surface area contributed by atoms with E-state index in [0.717, 1.165) is 78.0 Å². The molecule has 0 radical (unpaired) electrons. The highest BCUT2D eigenvalue weighted by atomic mass is 15.1. The Labute approximate surface area is 345 Å². The maximum absolute atomic E-state index is 4.77. The summed E-state index contributed by atoms with van der Waals surface area (Å²) in [6, 6.07) is 54.2. The Bertz CT molecular complexity index is 2850. The standard InChI is InChI=1S/C52H47N7/c1-34(2)53-47-28-29-49(42-11-5-4-10-41(42)47)56-57-51-32-33-52(46-15-9-8-14-45(46)51)59-58-50-31-30-48(43-12-6-7-13-44(43)50)55-54-40-26-24-39(25-27-40)38-22-20-37(21-23-38)36-18-16-35(3)17-19-36/h4-15,20-36,53H,16-19H2,1-3H3/b55-54-,57-56?,59-58?. The third-order valence-electron chi connectivity index (χ3n) is 11.5. The average molecular weight is 770 g/mol. The summed E-state index contributed by atoms with van der Waals surface area (Å²) in [6.07, 6.45) is 5.27. The van der Waals surface area contributed by atoms with E-state index in [1.165, 1.54) is 42.4 Å². The van der Waals surface area contributed by atoms with Gasteiger partial charge < -0.3 is 5.32 Å². The third kappa shape index (κ3) is 8.28. The lowest BCUT2D eigenvalue weighted by Gasteiger charge is -2.26. The zero-order chi connectivity index (χ0) is 40.1. The molecular weight excluding hydrogens is 723 g/mol. The molecule has 290 valence electrons. The minimum Gasteiger partial charge on any atom is -0.382 e.